The van der Waals surface area contributed by atoms with E-state index >= 15 is 0 Å². The minimum absolute atomic E-state index is 0.200. The van der Waals surface area contributed by atoms with Gasteiger partial charge in [0.1, 0.15) is 6.04 Å². The van der Waals surface area contributed by atoms with Crippen LogP contribution in [0.4, 0.5) is 4.79 Å². The average Bonchev–Trinajstić information content (AvgIpc) is 2.77. The lowest BCUT2D eigenvalue weighted by Gasteiger charge is -2.12. The van der Waals surface area contributed by atoms with E-state index in [1.54, 1.807) is 18.3 Å². The average molecular weight is 281 g/mol. The van der Waals surface area contributed by atoms with Gasteiger partial charge in [-0.15, -0.1) is 0 Å². The number of urea groups is 1. The van der Waals surface area contributed by atoms with Crippen LogP contribution in [0.1, 0.15) is 11.3 Å². The third-order valence-corrected chi connectivity index (χ3v) is 3.44. The van der Waals surface area contributed by atoms with Crippen molar-refractivity contribution < 1.29 is 9.59 Å². The summed E-state index contributed by atoms with van der Waals surface area (Å²) in [7, 11) is 0. The van der Waals surface area contributed by atoms with Crippen molar-refractivity contribution in [2.45, 2.75) is 19.0 Å². The van der Waals surface area contributed by atoms with Crippen LogP contribution in [0.25, 0.3) is 0 Å². The van der Waals surface area contributed by atoms with E-state index in [1.807, 2.05) is 36.4 Å². The Balaban J connectivity index is 1.70. The molecular formula is C16H15N3O2. The number of hydrogen-bond acceptors (Lipinski definition) is 3. The summed E-state index contributed by atoms with van der Waals surface area (Å²) < 4.78 is 0. The molecule has 1 aromatic carbocycles. The van der Waals surface area contributed by atoms with E-state index in [9.17, 15) is 9.59 Å². The van der Waals surface area contributed by atoms with Gasteiger partial charge in [0.2, 0.25) is 0 Å². The molecule has 1 N–H and O–H groups in total. The minimum atomic E-state index is -0.497. The third-order valence-electron chi connectivity index (χ3n) is 3.44. The first kappa shape index (κ1) is 13.3. The van der Waals surface area contributed by atoms with Crippen molar-refractivity contribution in [3.63, 3.8) is 0 Å². The van der Waals surface area contributed by atoms with Crippen molar-refractivity contribution in [2.24, 2.45) is 0 Å². The van der Waals surface area contributed by atoms with Gasteiger partial charge in [0.15, 0.2) is 0 Å². The number of benzene rings is 1. The van der Waals surface area contributed by atoms with Crippen molar-refractivity contribution in [1.82, 2.24) is 15.2 Å². The van der Waals surface area contributed by atoms with Crippen LogP contribution in [0, 0.1) is 0 Å². The molecule has 0 saturated carbocycles. The van der Waals surface area contributed by atoms with E-state index in [2.05, 4.69) is 10.3 Å². The van der Waals surface area contributed by atoms with Gasteiger partial charge in [-0.2, -0.15) is 0 Å². The molecule has 3 amide bonds. The molecule has 5 nitrogen and oxygen atoms in total. The summed E-state index contributed by atoms with van der Waals surface area (Å²) in [5.41, 5.74) is 1.72. The fourth-order valence-electron chi connectivity index (χ4n) is 2.37. The molecule has 0 bridgehead atoms. The number of rotatable bonds is 4. The van der Waals surface area contributed by atoms with Crippen LogP contribution in [0.2, 0.25) is 0 Å². The molecule has 0 radical (unpaired) electrons. The predicted octanol–water partition coefficient (Wildman–Crippen LogP) is 1.74. The van der Waals surface area contributed by atoms with Crippen LogP contribution in [0.5, 0.6) is 0 Å². The number of nitrogens with one attached hydrogen (secondary N) is 1. The number of carbonyl (C=O) groups is 2. The molecule has 1 atom stereocenters. The van der Waals surface area contributed by atoms with E-state index in [0.29, 0.717) is 12.1 Å². The van der Waals surface area contributed by atoms with E-state index < -0.39 is 6.04 Å². The van der Waals surface area contributed by atoms with E-state index in [0.717, 1.165) is 5.56 Å². The summed E-state index contributed by atoms with van der Waals surface area (Å²) in [5, 5.41) is 2.73. The highest BCUT2D eigenvalue weighted by Gasteiger charge is 2.37. The van der Waals surface area contributed by atoms with Crippen molar-refractivity contribution >= 4 is 11.9 Å². The normalized spacial score (nSPS) is 17.9. The fourth-order valence-corrected chi connectivity index (χ4v) is 2.37. The van der Waals surface area contributed by atoms with Crippen LogP contribution < -0.4 is 5.32 Å². The highest BCUT2D eigenvalue weighted by atomic mass is 16.2. The van der Waals surface area contributed by atoms with Gasteiger partial charge in [-0.1, -0.05) is 36.4 Å². The van der Waals surface area contributed by atoms with Gasteiger partial charge < -0.3 is 5.32 Å². The van der Waals surface area contributed by atoms with Crippen molar-refractivity contribution in [3.8, 4) is 0 Å². The predicted molar refractivity (Wildman–Crippen MR) is 77.3 cm³/mol. The smallest absolute Gasteiger partial charge is 0.325 e. The second-order valence-electron chi connectivity index (χ2n) is 4.94. The first-order valence-electron chi connectivity index (χ1n) is 6.80. The molecule has 3 rings (SSSR count). The standard InChI is InChI=1S/C16H15N3O2/c20-15-14(10-12-6-2-1-3-7-12)18-16(21)19(15)11-13-8-4-5-9-17-13/h1-9,14H,10-11H2,(H,18,21). The zero-order chi connectivity index (χ0) is 14.7. The van der Waals surface area contributed by atoms with Crippen LogP contribution in [-0.4, -0.2) is 27.9 Å². The number of pyridine rings is 1. The molecule has 1 aliphatic rings. The number of nitrogens with zero attached hydrogens (tertiary/aromatic N) is 2. The SMILES string of the molecule is O=C1NC(Cc2ccccc2)C(=O)N1Cc1ccccn1. The lowest BCUT2D eigenvalue weighted by molar-refractivity contribution is -0.127. The largest absolute Gasteiger partial charge is 0.325 e. The summed E-state index contributed by atoms with van der Waals surface area (Å²) in [4.78, 5) is 29.7. The Hall–Kier alpha value is -2.69. The zero-order valence-electron chi connectivity index (χ0n) is 11.4. The molecule has 2 aromatic rings. The Bertz CT molecular complexity index is 643. The summed E-state index contributed by atoms with van der Waals surface area (Å²) in [6, 6.07) is 14.2. The molecule has 5 heteroatoms. The first-order valence-corrected chi connectivity index (χ1v) is 6.80. The molecule has 2 heterocycles. The monoisotopic (exact) mass is 281 g/mol. The maximum atomic E-state index is 12.3. The molecule has 106 valence electrons. The van der Waals surface area contributed by atoms with Crippen LogP contribution in [0.15, 0.2) is 54.7 Å². The summed E-state index contributed by atoms with van der Waals surface area (Å²) in [6.07, 6.45) is 2.15. The maximum absolute atomic E-state index is 12.3. The topological polar surface area (TPSA) is 62.3 Å². The van der Waals surface area contributed by atoms with E-state index in [4.69, 9.17) is 0 Å². The molecule has 0 spiro atoms. The lowest BCUT2D eigenvalue weighted by atomic mass is 10.1. The molecule has 1 fully saturated rings. The highest BCUT2D eigenvalue weighted by Crippen LogP contribution is 2.14. The van der Waals surface area contributed by atoms with E-state index in [1.165, 1.54) is 4.90 Å². The first-order chi connectivity index (χ1) is 10.2. The van der Waals surface area contributed by atoms with Gasteiger partial charge in [0.05, 0.1) is 12.2 Å². The highest BCUT2D eigenvalue weighted by molar-refractivity contribution is 6.04. The quantitative estimate of drug-likeness (QED) is 0.868. The summed E-state index contributed by atoms with van der Waals surface area (Å²) >= 11 is 0. The lowest BCUT2D eigenvalue weighted by Crippen LogP contribution is -2.32. The Morgan fingerprint density at radius 2 is 1.81 bits per heavy atom. The Kier molecular flexibility index (Phi) is 3.64. The molecule has 1 aromatic heterocycles. The molecule has 1 saturated heterocycles. The van der Waals surface area contributed by atoms with Crippen LogP contribution in [0.3, 0.4) is 0 Å². The van der Waals surface area contributed by atoms with Gasteiger partial charge >= 0.3 is 6.03 Å². The van der Waals surface area contributed by atoms with Gasteiger partial charge in [0.25, 0.3) is 5.91 Å². The van der Waals surface area contributed by atoms with Gasteiger partial charge in [-0.05, 0) is 17.7 Å². The molecule has 1 aliphatic heterocycles. The second kappa shape index (κ2) is 5.75. The van der Waals surface area contributed by atoms with Crippen LogP contribution >= 0.6 is 0 Å². The van der Waals surface area contributed by atoms with Crippen molar-refractivity contribution in [1.29, 1.82) is 0 Å². The minimum Gasteiger partial charge on any atom is -0.325 e. The number of carbonyl (C=O) groups excluding carboxylic acids is 2. The Labute approximate surface area is 122 Å². The van der Waals surface area contributed by atoms with Gasteiger partial charge in [-0.25, -0.2) is 4.79 Å². The number of hydrogen-bond donors (Lipinski definition) is 1. The molecule has 0 aliphatic carbocycles. The van der Waals surface area contributed by atoms with Crippen LogP contribution in [-0.2, 0) is 17.8 Å². The Morgan fingerprint density at radius 1 is 1.05 bits per heavy atom. The summed E-state index contributed by atoms with van der Waals surface area (Å²) in [6.45, 7) is 0.205. The molecule has 21 heavy (non-hydrogen) atoms. The number of aromatic nitrogens is 1. The summed E-state index contributed by atoms with van der Waals surface area (Å²) in [5.74, 6) is -0.200. The fraction of sp³-hybridized carbons (Fsp3) is 0.188. The van der Waals surface area contributed by atoms with Crippen molar-refractivity contribution in [3.05, 3.63) is 66.0 Å². The molecular weight excluding hydrogens is 266 g/mol. The Morgan fingerprint density at radius 3 is 2.52 bits per heavy atom. The van der Waals surface area contributed by atoms with E-state index in [-0.39, 0.29) is 18.5 Å². The number of imide groups is 1. The third kappa shape index (κ3) is 2.91. The number of amides is 3. The maximum Gasteiger partial charge on any atom is 0.325 e. The van der Waals surface area contributed by atoms with Gasteiger partial charge in [-0.3, -0.25) is 14.7 Å². The molecule has 1 unspecified atom stereocenters. The second-order valence-corrected chi connectivity index (χ2v) is 4.94. The van der Waals surface area contributed by atoms with Crippen molar-refractivity contribution in [2.75, 3.05) is 0 Å². The van der Waals surface area contributed by atoms with Gasteiger partial charge in [0, 0.05) is 12.6 Å². The zero-order valence-corrected chi connectivity index (χ0v) is 11.4.